The average Bonchev–Trinajstić information content (AvgIpc) is 3.45. The normalized spacial score (nSPS) is 21.6. The van der Waals surface area contributed by atoms with Crippen LogP contribution in [0.25, 0.3) is 0 Å². The third-order valence-corrected chi connectivity index (χ3v) is 11.1. The monoisotopic (exact) mass is 571 g/mol. The van der Waals surface area contributed by atoms with Crippen molar-refractivity contribution >= 4 is 16.0 Å². The fourth-order valence-corrected chi connectivity index (χ4v) is 8.66. The molecule has 5 rings (SSSR count). The summed E-state index contributed by atoms with van der Waals surface area (Å²) in [6.07, 6.45) is 11.0. The van der Waals surface area contributed by atoms with Gasteiger partial charge in [0.15, 0.2) is 0 Å². The van der Waals surface area contributed by atoms with E-state index in [-0.39, 0.29) is 12.6 Å². The van der Waals surface area contributed by atoms with E-state index in [1.54, 1.807) is 35.8 Å². The summed E-state index contributed by atoms with van der Waals surface area (Å²) in [5, 5.41) is 0. The SMILES string of the molecule is COc1cc(C)c(S(=O)(=O)N2CCC[C@H]2COc2ccnc(N3CCC(CCN4CCCCC4)CC3)n2)c(C)c1. The Balaban J connectivity index is 1.16. The van der Waals surface area contributed by atoms with Gasteiger partial charge < -0.3 is 19.3 Å². The first-order chi connectivity index (χ1) is 19.3. The third-order valence-electron chi connectivity index (χ3n) is 8.80. The van der Waals surface area contributed by atoms with Crippen molar-refractivity contribution in [3.05, 3.63) is 35.5 Å². The van der Waals surface area contributed by atoms with Crippen LogP contribution in [0.15, 0.2) is 29.3 Å². The zero-order valence-corrected chi connectivity index (χ0v) is 25.2. The molecule has 0 radical (unpaired) electrons. The number of methoxy groups -OCH3 is 1. The number of sulfonamides is 1. The summed E-state index contributed by atoms with van der Waals surface area (Å²) in [5.74, 6) is 2.63. The molecule has 220 valence electrons. The Hall–Kier alpha value is -2.43. The van der Waals surface area contributed by atoms with Gasteiger partial charge in [0.1, 0.15) is 12.4 Å². The Kier molecular flexibility index (Phi) is 9.48. The third kappa shape index (κ3) is 6.71. The minimum Gasteiger partial charge on any atom is -0.497 e. The summed E-state index contributed by atoms with van der Waals surface area (Å²) >= 11 is 0. The predicted molar refractivity (Wildman–Crippen MR) is 157 cm³/mol. The van der Waals surface area contributed by atoms with E-state index in [1.165, 1.54) is 58.2 Å². The number of hydrogen-bond acceptors (Lipinski definition) is 8. The lowest BCUT2D eigenvalue weighted by Crippen LogP contribution is -2.39. The van der Waals surface area contributed by atoms with Gasteiger partial charge >= 0.3 is 0 Å². The Morgan fingerprint density at radius 3 is 2.38 bits per heavy atom. The molecule has 1 aromatic carbocycles. The molecule has 0 bridgehead atoms. The van der Waals surface area contributed by atoms with Gasteiger partial charge in [0.05, 0.1) is 18.0 Å². The maximum Gasteiger partial charge on any atom is 0.243 e. The zero-order valence-electron chi connectivity index (χ0n) is 24.3. The molecule has 0 aliphatic carbocycles. The first kappa shape index (κ1) is 29.1. The number of piperidine rings is 2. The van der Waals surface area contributed by atoms with Crippen molar-refractivity contribution in [3.63, 3.8) is 0 Å². The number of anilines is 1. The van der Waals surface area contributed by atoms with Crippen LogP contribution in [0.2, 0.25) is 0 Å². The fourth-order valence-electron chi connectivity index (χ4n) is 6.56. The molecular formula is C30H45N5O4S. The van der Waals surface area contributed by atoms with Crippen molar-refractivity contribution < 1.29 is 17.9 Å². The van der Waals surface area contributed by atoms with E-state index in [0.29, 0.717) is 40.1 Å². The van der Waals surface area contributed by atoms with Crippen LogP contribution in [-0.2, 0) is 10.0 Å². The Morgan fingerprint density at radius 1 is 0.950 bits per heavy atom. The number of ether oxygens (including phenoxy) is 2. The largest absolute Gasteiger partial charge is 0.497 e. The molecule has 1 atom stereocenters. The number of likely N-dealkylation sites (tertiary alicyclic amines) is 1. The zero-order chi connectivity index (χ0) is 28.1. The van der Waals surface area contributed by atoms with E-state index in [2.05, 4.69) is 14.8 Å². The number of hydrogen-bond donors (Lipinski definition) is 0. The molecule has 0 unspecified atom stereocenters. The van der Waals surface area contributed by atoms with Gasteiger partial charge in [-0.3, -0.25) is 0 Å². The minimum absolute atomic E-state index is 0.236. The van der Waals surface area contributed by atoms with Gasteiger partial charge in [-0.15, -0.1) is 0 Å². The first-order valence-electron chi connectivity index (χ1n) is 15.0. The Morgan fingerprint density at radius 2 is 1.68 bits per heavy atom. The van der Waals surface area contributed by atoms with Crippen LogP contribution >= 0.6 is 0 Å². The fraction of sp³-hybridized carbons (Fsp3) is 0.667. The van der Waals surface area contributed by atoms with Gasteiger partial charge in [-0.1, -0.05) is 6.42 Å². The summed E-state index contributed by atoms with van der Waals surface area (Å²) in [6, 6.07) is 5.09. The molecule has 0 saturated carbocycles. The number of aromatic nitrogens is 2. The van der Waals surface area contributed by atoms with Crippen LogP contribution in [0.4, 0.5) is 5.95 Å². The molecule has 3 fully saturated rings. The molecule has 3 aliphatic rings. The molecule has 0 N–H and O–H groups in total. The van der Waals surface area contributed by atoms with Gasteiger partial charge in [-0.2, -0.15) is 9.29 Å². The molecule has 2 aromatic rings. The molecule has 40 heavy (non-hydrogen) atoms. The molecule has 0 amide bonds. The predicted octanol–water partition coefficient (Wildman–Crippen LogP) is 4.43. The Bertz CT molecular complexity index is 1220. The van der Waals surface area contributed by atoms with Crippen LogP contribution in [0.5, 0.6) is 11.6 Å². The highest BCUT2D eigenvalue weighted by Crippen LogP contribution is 2.33. The second-order valence-electron chi connectivity index (χ2n) is 11.6. The summed E-state index contributed by atoms with van der Waals surface area (Å²) in [6.45, 7) is 10.1. The van der Waals surface area contributed by atoms with Crippen LogP contribution in [0.3, 0.4) is 0 Å². The van der Waals surface area contributed by atoms with E-state index >= 15 is 0 Å². The van der Waals surface area contributed by atoms with Crippen molar-refractivity contribution in [1.29, 1.82) is 0 Å². The second-order valence-corrected chi connectivity index (χ2v) is 13.5. The lowest BCUT2D eigenvalue weighted by atomic mass is 9.93. The highest BCUT2D eigenvalue weighted by Gasteiger charge is 2.37. The molecule has 3 saturated heterocycles. The van der Waals surface area contributed by atoms with Gasteiger partial charge in [-0.05, 0) is 108 Å². The van der Waals surface area contributed by atoms with Crippen molar-refractivity contribution in [3.8, 4) is 11.6 Å². The van der Waals surface area contributed by atoms with Crippen molar-refractivity contribution in [2.24, 2.45) is 5.92 Å². The Labute approximate surface area is 239 Å². The maximum atomic E-state index is 13.7. The average molecular weight is 572 g/mol. The van der Waals surface area contributed by atoms with Gasteiger partial charge in [0.25, 0.3) is 0 Å². The van der Waals surface area contributed by atoms with Gasteiger partial charge in [0.2, 0.25) is 21.9 Å². The smallest absolute Gasteiger partial charge is 0.243 e. The van der Waals surface area contributed by atoms with E-state index in [4.69, 9.17) is 14.5 Å². The minimum atomic E-state index is -3.67. The van der Waals surface area contributed by atoms with E-state index in [1.807, 2.05) is 13.8 Å². The van der Waals surface area contributed by atoms with Gasteiger partial charge in [0, 0.05) is 31.9 Å². The molecular weight excluding hydrogens is 526 g/mol. The number of nitrogens with zero attached hydrogens (tertiary/aromatic N) is 5. The first-order valence-corrected chi connectivity index (χ1v) is 16.4. The number of rotatable bonds is 10. The van der Waals surface area contributed by atoms with Gasteiger partial charge in [-0.25, -0.2) is 13.4 Å². The van der Waals surface area contributed by atoms with Crippen molar-refractivity contribution in [2.45, 2.75) is 76.2 Å². The van der Waals surface area contributed by atoms with Crippen molar-refractivity contribution in [1.82, 2.24) is 19.2 Å². The quantitative estimate of drug-likeness (QED) is 0.414. The second kappa shape index (κ2) is 13.0. The van der Waals surface area contributed by atoms with Crippen molar-refractivity contribution in [2.75, 3.05) is 57.9 Å². The van der Waals surface area contributed by atoms with Crippen LogP contribution in [-0.4, -0.2) is 86.6 Å². The topological polar surface area (TPSA) is 88.1 Å². The summed E-state index contributed by atoms with van der Waals surface area (Å²) < 4.78 is 40.5. The molecule has 0 spiro atoms. The molecule has 4 heterocycles. The summed E-state index contributed by atoms with van der Waals surface area (Å²) in [7, 11) is -2.08. The van der Waals surface area contributed by atoms with E-state index < -0.39 is 10.0 Å². The molecule has 1 aromatic heterocycles. The van der Waals surface area contributed by atoms with Crippen LogP contribution in [0.1, 0.15) is 62.5 Å². The summed E-state index contributed by atoms with van der Waals surface area (Å²) in [4.78, 5) is 14.5. The van der Waals surface area contributed by atoms with E-state index in [9.17, 15) is 8.42 Å². The lowest BCUT2D eigenvalue weighted by molar-refractivity contribution is 0.205. The van der Waals surface area contributed by atoms with Crippen LogP contribution < -0.4 is 14.4 Å². The molecule has 9 nitrogen and oxygen atoms in total. The standard InChI is InChI=1S/C30H45N5O4S/c1-23-20-27(38-3)21-24(2)29(23)40(36,37)35-16-7-8-26(35)22-39-28-9-13-31-30(32-28)34-18-11-25(12-19-34)10-17-33-14-5-4-6-15-33/h9,13,20-21,25-26H,4-8,10-12,14-19,22H2,1-3H3/t26-/m0/s1. The maximum absolute atomic E-state index is 13.7. The molecule has 3 aliphatic heterocycles. The lowest BCUT2D eigenvalue weighted by Gasteiger charge is -2.34. The highest BCUT2D eigenvalue weighted by atomic mass is 32.2. The number of benzene rings is 1. The molecule has 10 heteroatoms. The number of aryl methyl sites for hydroxylation is 2. The highest BCUT2D eigenvalue weighted by molar-refractivity contribution is 7.89. The van der Waals surface area contributed by atoms with Crippen LogP contribution in [0, 0.1) is 19.8 Å². The van der Waals surface area contributed by atoms with E-state index in [0.717, 1.165) is 31.8 Å². The summed E-state index contributed by atoms with van der Waals surface area (Å²) in [5.41, 5.74) is 1.39.